The summed E-state index contributed by atoms with van der Waals surface area (Å²) < 4.78 is 11.3. The number of ether oxygens (including phenoxy) is 2. The molecule has 0 radical (unpaired) electrons. The lowest BCUT2D eigenvalue weighted by molar-refractivity contribution is 0.0740. The summed E-state index contributed by atoms with van der Waals surface area (Å²) in [6.07, 6.45) is 5.56. The Morgan fingerprint density at radius 3 is 2.84 bits per heavy atom. The molecule has 4 nitrogen and oxygen atoms in total. The van der Waals surface area contributed by atoms with Crippen molar-refractivity contribution in [1.82, 2.24) is 4.90 Å². The molecule has 3 aliphatic rings. The monoisotopic (exact) mass is 355 g/mol. The SMILES string of the molecule is O=C(c1cc2c(s1)CCC2)N1CCC[C@H]1c1ccc2c(c1)OCCO2. The minimum atomic E-state index is 0.139. The highest BCUT2D eigenvalue weighted by Gasteiger charge is 2.33. The molecule has 1 saturated heterocycles. The Labute approximate surface area is 151 Å². The number of likely N-dealkylation sites (tertiary alicyclic amines) is 1. The molecule has 1 aromatic carbocycles. The zero-order valence-corrected chi connectivity index (χ0v) is 14.9. The molecule has 0 spiro atoms. The molecule has 5 heteroatoms. The number of carbonyl (C=O) groups is 1. The number of thiophene rings is 1. The number of fused-ring (bicyclic) bond motifs is 2. The Morgan fingerprint density at radius 2 is 1.96 bits per heavy atom. The van der Waals surface area contributed by atoms with Crippen molar-refractivity contribution in [3.63, 3.8) is 0 Å². The highest BCUT2D eigenvalue weighted by atomic mass is 32.1. The van der Waals surface area contributed by atoms with Crippen LogP contribution in [0.4, 0.5) is 0 Å². The maximum absolute atomic E-state index is 13.1. The molecule has 3 heterocycles. The van der Waals surface area contributed by atoms with Gasteiger partial charge in [-0.1, -0.05) is 6.07 Å². The van der Waals surface area contributed by atoms with E-state index in [4.69, 9.17) is 9.47 Å². The maximum Gasteiger partial charge on any atom is 0.264 e. The number of aryl methyl sites for hydroxylation is 2. The first kappa shape index (κ1) is 15.3. The lowest BCUT2D eigenvalue weighted by atomic mass is 10.0. The van der Waals surface area contributed by atoms with Gasteiger partial charge in [-0.3, -0.25) is 4.79 Å². The molecule has 1 amide bonds. The molecule has 2 aliphatic heterocycles. The van der Waals surface area contributed by atoms with Crippen molar-refractivity contribution >= 4 is 17.2 Å². The molecule has 0 saturated carbocycles. The van der Waals surface area contributed by atoms with Crippen LogP contribution in [0.2, 0.25) is 0 Å². The van der Waals surface area contributed by atoms with Crippen LogP contribution in [0, 0.1) is 0 Å². The number of rotatable bonds is 2. The minimum absolute atomic E-state index is 0.139. The summed E-state index contributed by atoms with van der Waals surface area (Å²) in [5.41, 5.74) is 2.54. The Bertz CT molecular complexity index is 807. The molecule has 0 bridgehead atoms. The number of hydrogen-bond acceptors (Lipinski definition) is 4. The van der Waals surface area contributed by atoms with Gasteiger partial charge in [-0.15, -0.1) is 11.3 Å². The second-order valence-corrected chi connectivity index (χ2v) is 8.11. The van der Waals surface area contributed by atoms with Gasteiger partial charge in [0, 0.05) is 11.4 Å². The van der Waals surface area contributed by atoms with E-state index in [1.165, 1.54) is 16.9 Å². The highest BCUT2D eigenvalue weighted by molar-refractivity contribution is 7.14. The van der Waals surface area contributed by atoms with Gasteiger partial charge in [-0.2, -0.15) is 0 Å². The van der Waals surface area contributed by atoms with Crippen molar-refractivity contribution in [1.29, 1.82) is 0 Å². The van der Waals surface area contributed by atoms with E-state index in [-0.39, 0.29) is 11.9 Å². The Kier molecular flexibility index (Phi) is 3.70. The average molecular weight is 355 g/mol. The van der Waals surface area contributed by atoms with Gasteiger partial charge in [0.2, 0.25) is 0 Å². The van der Waals surface area contributed by atoms with E-state index in [9.17, 15) is 4.79 Å². The third-order valence-corrected chi connectivity index (χ3v) is 6.65. The van der Waals surface area contributed by atoms with Crippen LogP contribution in [0.1, 0.15) is 51.0 Å². The summed E-state index contributed by atoms with van der Waals surface area (Å²) >= 11 is 1.70. The molecule has 1 fully saturated rings. The van der Waals surface area contributed by atoms with Crippen LogP contribution in [0.5, 0.6) is 11.5 Å². The van der Waals surface area contributed by atoms with Crippen LogP contribution in [-0.2, 0) is 12.8 Å². The number of nitrogens with zero attached hydrogens (tertiary/aromatic N) is 1. The van der Waals surface area contributed by atoms with Crippen LogP contribution in [0.15, 0.2) is 24.3 Å². The molecule has 5 rings (SSSR count). The standard InChI is InChI=1S/C20H21NO3S/c22-20(19-12-14-3-1-5-18(14)25-19)21-8-2-4-15(21)13-6-7-16-17(11-13)24-10-9-23-16/h6-7,11-12,15H,1-5,8-10H2/t15-/m0/s1. The number of hydrogen-bond donors (Lipinski definition) is 0. The lowest BCUT2D eigenvalue weighted by Gasteiger charge is -2.26. The van der Waals surface area contributed by atoms with Gasteiger partial charge in [0.15, 0.2) is 11.5 Å². The zero-order valence-electron chi connectivity index (χ0n) is 14.1. The van der Waals surface area contributed by atoms with E-state index in [0.29, 0.717) is 13.2 Å². The van der Waals surface area contributed by atoms with Gasteiger partial charge in [0.25, 0.3) is 5.91 Å². The third kappa shape index (κ3) is 2.61. The predicted octanol–water partition coefficient (Wildman–Crippen LogP) is 3.99. The number of amides is 1. The van der Waals surface area contributed by atoms with Gasteiger partial charge in [-0.05, 0) is 61.4 Å². The van der Waals surface area contributed by atoms with E-state index >= 15 is 0 Å². The molecule has 0 N–H and O–H groups in total. The van der Waals surface area contributed by atoms with Gasteiger partial charge >= 0.3 is 0 Å². The summed E-state index contributed by atoms with van der Waals surface area (Å²) in [7, 11) is 0. The van der Waals surface area contributed by atoms with Gasteiger partial charge in [0.1, 0.15) is 13.2 Å². The molecule has 0 unspecified atom stereocenters. The van der Waals surface area contributed by atoms with Crippen LogP contribution in [-0.4, -0.2) is 30.6 Å². The van der Waals surface area contributed by atoms with Gasteiger partial charge < -0.3 is 14.4 Å². The van der Waals surface area contributed by atoms with Crippen LogP contribution in [0.3, 0.4) is 0 Å². The summed E-state index contributed by atoms with van der Waals surface area (Å²) in [6.45, 7) is 2.02. The predicted molar refractivity (Wildman–Crippen MR) is 96.8 cm³/mol. The second kappa shape index (κ2) is 6.06. The second-order valence-electron chi connectivity index (χ2n) is 6.97. The fraction of sp³-hybridized carbons (Fsp3) is 0.450. The van der Waals surface area contributed by atoms with Crippen molar-refractivity contribution < 1.29 is 14.3 Å². The molecule has 1 atom stereocenters. The number of benzene rings is 1. The first-order valence-corrected chi connectivity index (χ1v) is 9.93. The molecule has 2 aromatic rings. The topological polar surface area (TPSA) is 38.8 Å². The molecule has 1 aromatic heterocycles. The number of carbonyl (C=O) groups excluding carboxylic acids is 1. The first-order valence-electron chi connectivity index (χ1n) is 9.12. The quantitative estimate of drug-likeness (QED) is 0.818. The fourth-order valence-electron chi connectivity index (χ4n) is 4.20. The lowest BCUT2D eigenvalue weighted by Crippen LogP contribution is -2.30. The van der Waals surface area contributed by atoms with E-state index in [1.807, 2.05) is 11.0 Å². The maximum atomic E-state index is 13.1. The Hall–Kier alpha value is -2.01. The normalized spacial score (nSPS) is 21.4. The summed E-state index contributed by atoms with van der Waals surface area (Å²) in [5, 5.41) is 0. The minimum Gasteiger partial charge on any atom is -0.486 e. The Balaban J connectivity index is 1.42. The van der Waals surface area contributed by atoms with Crippen molar-refractivity contribution in [2.45, 2.75) is 38.1 Å². The van der Waals surface area contributed by atoms with Gasteiger partial charge in [0.05, 0.1) is 10.9 Å². The molecule has 130 valence electrons. The molecule has 1 aliphatic carbocycles. The van der Waals surface area contributed by atoms with Crippen LogP contribution < -0.4 is 9.47 Å². The molecule has 25 heavy (non-hydrogen) atoms. The van der Waals surface area contributed by atoms with Crippen molar-refractivity contribution in [3.05, 3.63) is 45.1 Å². The van der Waals surface area contributed by atoms with E-state index < -0.39 is 0 Å². The zero-order chi connectivity index (χ0) is 16.8. The third-order valence-electron chi connectivity index (χ3n) is 5.42. The fourth-order valence-corrected chi connectivity index (χ4v) is 5.41. The molecular formula is C20H21NO3S. The van der Waals surface area contributed by atoms with Crippen LogP contribution in [0.25, 0.3) is 0 Å². The van der Waals surface area contributed by atoms with Crippen molar-refractivity contribution in [3.8, 4) is 11.5 Å². The highest BCUT2D eigenvalue weighted by Crippen LogP contribution is 2.40. The smallest absolute Gasteiger partial charge is 0.264 e. The summed E-state index contributed by atoms with van der Waals surface area (Å²) in [5.74, 6) is 1.80. The van der Waals surface area contributed by atoms with Crippen molar-refractivity contribution in [2.75, 3.05) is 19.8 Å². The first-order chi connectivity index (χ1) is 12.3. The molecular weight excluding hydrogens is 334 g/mol. The summed E-state index contributed by atoms with van der Waals surface area (Å²) in [6, 6.07) is 8.39. The van der Waals surface area contributed by atoms with E-state index in [2.05, 4.69) is 18.2 Å². The van der Waals surface area contributed by atoms with Crippen LogP contribution >= 0.6 is 11.3 Å². The van der Waals surface area contributed by atoms with E-state index in [0.717, 1.165) is 54.2 Å². The largest absolute Gasteiger partial charge is 0.486 e. The van der Waals surface area contributed by atoms with Gasteiger partial charge in [-0.25, -0.2) is 0 Å². The van der Waals surface area contributed by atoms with Crippen molar-refractivity contribution in [2.24, 2.45) is 0 Å². The van der Waals surface area contributed by atoms with E-state index in [1.54, 1.807) is 11.3 Å². The average Bonchev–Trinajstić information content (AvgIpc) is 3.36. The summed E-state index contributed by atoms with van der Waals surface area (Å²) in [4.78, 5) is 17.5. The Morgan fingerprint density at radius 1 is 1.08 bits per heavy atom.